The molecule has 1 amide bonds. The second-order valence-electron chi connectivity index (χ2n) is 6.92. The number of nitrogens with one attached hydrogen (secondary N) is 1. The number of carbonyl (C=O) groups excluding carboxylic acids is 1. The van der Waals surface area contributed by atoms with E-state index in [0.29, 0.717) is 22.3 Å². The third kappa shape index (κ3) is 3.55. The highest BCUT2D eigenvalue weighted by Gasteiger charge is 2.19. The summed E-state index contributed by atoms with van der Waals surface area (Å²) >= 11 is 0. The minimum Gasteiger partial charge on any atom is -0.495 e. The van der Waals surface area contributed by atoms with Gasteiger partial charge in [0.1, 0.15) is 12.3 Å². The molecule has 0 spiro atoms. The number of ether oxygens (including phenoxy) is 1. The van der Waals surface area contributed by atoms with E-state index >= 15 is 0 Å². The Balaban J connectivity index is 2.35. The van der Waals surface area contributed by atoms with E-state index in [9.17, 15) is 14.4 Å². The normalized spacial score (nSPS) is 11.0. The van der Waals surface area contributed by atoms with Crippen LogP contribution in [0.25, 0.3) is 16.6 Å². The zero-order valence-corrected chi connectivity index (χ0v) is 16.4. The quantitative estimate of drug-likeness (QED) is 0.733. The van der Waals surface area contributed by atoms with Crippen LogP contribution >= 0.6 is 0 Å². The van der Waals surface area contributed by atoms with Crippen molar-refractivity contribution in [1.29, 1.82) is 0 Å². The van der Waals surface area contributed by atoms with Crippen LogP contribution in [0, 0.1) is 6.92 Å². The standard InChI is InChI=1S/C21H23N3O4/c1-13(2)22-19(25)12-23-16-10-9-14(3)11-15(16)20(26)24(21(23)27)17-7-5-6-8-18(17)28-4/h5-11,13H,12H2,1-4H3,(H,22,25). The Hall–Kier alpha value is -3.35. The van der Waals surface area contributed by atoms with E-state index in [2.05, 4.69) is 5.32 Å². The van der Waals surface area contributed by atoms with Crippen molar-refractivity contribution in [3.63, 3.8) is 0 Å². The number of fused-ring (bicyclic) bond motifs is 1. The summed E-state index contributed by atoms with van der Waals surface area (Å²) in [6.07, 6.45) is 0. The SMILES string of the molecule is COc1ccccc1-n1c(=O)c2cc(C)ccc2n(CC(=O)NC(C)C)c1=O. The zero-order valence-electron chi connectivity index (χ0n) is 16.4. The number of rotatable bonds is 5. The molecule has 0 bridgehead atoms. The molecule has 0 aliphatic heterocycles. The van der Waals surface area contributed by atoms with Gasteiger partial charge in [0.25, 0.3) is 5.56 Å². The van der Waals surface area contributed by atoms with Gasteiger partial charge in [-0.1, -0.05) is 23.8 Å². The topological polar surface area (TPSA) is 82.3 Å². The number of aryl methyl sites for hydroxylation is 1. The van der Waals surface area contributed by atoms with Crippen LogP contribution in [0.1, 0.15) is 19.4 Å². The van der Waals surface area contributed by atoms with Crippen LogP contribution in [0.5, 0.6) is 5.75 Å². The summed E-state index contributed by atoms with van der Waals surface area (Å²) < 4.78 is 7.71. The monoisotopic (exact) mass is 381 g/mol. The molecule has 7 heteroatoms. The molecule has 0 saturated carbocycles. The molecule has 28 heavy (non-hydrogen) atoms. The summed E-state index contributed by atoms with van der Waals surface area (Å²) in [5.41, 5.74) is 0.596. The Bertz CT molecular complexity index is 1160. The van der Waals surface area contributed by atoms with E-state index in [-0.39, 0.29) is 18.5 Å². The van der Waals surface area contributed by atoms with Crippen molar-refractivity contribution < 1.29 is 9.53 Å². The van der Waals surface area contributed by atoms with Crippen molar-refractivity contribution in [1.82, 2.24) is 14.5 Å². The summed E-state index contributed by atoms with van der Waals surface area (Å²) in [5.74, 6) is 0.0936. The Labute approximate surface area is 162 Å². The maximum atomic E-state index is 13.3. The van der Waals surface area contributed by atoms with Crippen LogP contribution in [-0.4, -0.2) is 28.2 Å². The van der Waals surface area contributed by atoms with Gasteiger partial charge in [0.15, 0.2) is 0 Å². The maximum absolute atomic E-state index is 13.3. The Morgan fingerprint density at radius 2 is 1.86 bits per heavy atom. The van der Waals surface area contributed by atoms with Gasteiger partial charge < -0.3 is 10.1 Å². The van der Waals surface area contributed by atoms with Gasteiger partial charge in [-0.2, -0.15) is 0 Å². The average Bonchev–Trinajstić information content (AvgIpc) is 2.65. The number of amides is 1. The van der Waals surface area contributed by atoms with E-state index in [1.807, 2.05) is 26.8 Å². The van der Waals surface area contributed by atoms with Gasteiger partial charge in [0.05, 0.1) is 23.7 Å². The fraction of sp³-hybridized carbons (Fsp3) is 0.286. The molecule has 2 aromatic carbocycles. The predicted octanol–water partition coefficient (Wildman–Crippen LogP) is 1.99. The number of methoxy groups -OCH3 is 1. The number of carbonyl (C=O) groups is 1. The third-order valence-electron chi connectivity index (χ3n) is 4.38. The van der Waals surface area contributed by atoms with E-state index in [4.69, 9.17) is 4.74 Å². The smallest absolute Gasteiger partial charge is 0.336 e. The highest BCUT2D eigenvalue weighted by Crippen LogP contribution is 2.20. The number of hydrogen-bond donors (Lipinski definition) is 1. The molecule has 146 valence electrons. The minimum atomic E-state index is -0.593. The molecule has 0 unspecified atom stereocenters. The van der Waals surface area contributed by atoms with Gasteiger partial charge >= 0.3 is 5.69 Å². The number of para-hydroxylation sites is 2. The van der Waals surface area contributed by atoms with Crippen LogP contribution < -0.4 is 21.3 Å². The molecule has 1 heterocycles. The Morgan fingerprint density at radius 1 is 1.14 bits per heavy atom. The van der Waals surface area contributed by atoms with Crippen LogP contribution in [0.3, 0.4) is 0 Å². The lowest BCUT2D eigenvalue weighted by Crippen LogP contribution is -2.42. The summed E-state index contributed by atoms with van der Waals surface area (Å²) in [6, 6.07) is 12.0. The molecule has 7 nitrogen and oxygen atoms in total. The van der Waals surface area contributed by atoms with E-state index < -0.39 is 11.2 Å². The van der Waals surface area contributed by atoms with Crippen molar-refractivity contribution >= 4 is 16.8 Å². The fourth-order valence-electron chi connectivity index (χ4n) is 3.18. The average molecular weight is 381 g/mol. The van der Waals surface area contributed by atoms with Gasteiger partial charge in [-0.05, 0) is 45.0 Å². The molecule has 0 saturated heterocycles. The summed E-state index contributed by atoms with van der Waals surface area (Å²) in [6.45, 7) is 5.37. The van der Waals surface area contributed by atoms with E-state index in [0.717, 1.165) is 10.1 Å². The minimum absolute atomic E-state index is 0.0585. The molecule has 3 rings (SSSR count). The number of aromatic nitrogens is 2. The van der Waals surface area contributed by atoms with Gasteiger partial charge in [0, 0.05) is 6.04 Å². The first-order chi connectivity index (χ1) is 13.3. The van der Waals surface area contributed by atoms with Gasteiger partial charge in [-0.15, -0.1) is 0 Å². The summed E-state index contributed by atoms with van der Waals surface area (Å²) in [4.78, 5) is 38.8. The molecule has 0 aliphatic carbocycles. The van der Waals surface area contributed by atoms with Crippen molar-refractivity contribution in [2.75, 3.05) is 7.11 Å². The molecule has 0 atom stereocenters. The number of hydrogen-bond acceptors (Lipinski definition) is 4. The van der Waals surface area contributed by atoms with E-state index in [1.165, 1.54) is 11.7 Å². The molecular formula is C21H23N3O4. The Morgan fingerprint density at radius 3 is 2.54 bits per heavy atom. The first-order valence-corrected chi connectivity index (χ1v) is 9.02. The second kappa shape index (κ2) is 7.72. The lowest BCUT2D eigenvalue weighted by atomic mass is 10.1. The third-order valence-corrected chi connectivity index (χ3v) is 4.38. The number of benzene rings is 2. The first kappa shape index (κ1) is 19.4. The molecule has 1 N–H and O–H groups in total. The maximum Gasteiger partial charge on any atom is 0.336 e. The molecular weight excluding hydrogens is 358 g/mol. The van der Waals surface area contributed by atoms with Crippen molar-refractivity contribution in [3.05, 3.63) is 68.9 Å². The molecule has 3 aromatic rings. The molecule has 1 aromatic heterocycles. The number of nitrogens with zero attached hydrogens (tertiary/aromatic N) is 2. The van der Waals surface area contributed by atoms with Crippen LogP contribution in [0.4, 0.5) is 0 Å². The van der Waals surface area contributed by atoms with Crippen molar-refractivity contribution in [3.8, 4) is 11.4 Å². The van der Waals surface area contributed by atoms with Crippen molar-refractivity contribution in [2.45, 2.75) is 33.4 Å². The lowest BCUT2D eigenvalue weighted by Gasteiger charge is -2.16. The second-order valence-corrected chi connectivity index (χ2v) is 6.92. The predicted molar refractivity (Wildman–Crippen MR) is 108 cm³/mol. The summed E-state index contributed by atoms with van der Waals surface area (Å²) in [7, 11) is 1.48. The van der Waals surface area contributed by atoms with Gasteiger partial charge in [0.2, 0.25) is 5.91 Å². The van der Waals surface area contributed by atoms with Gasteiger partial charge in [-0.25, -0.2) is 9.36 Å². The summed E-state index contributed by atoms with van der Waals surface area (Å²) in [5, 5.41) is 3.14. The molecule has 0 radical (unpaired) electrons. The lowest BCUT2D eigenvalue weighted by molar-refractivity contribution is -0.122. The van der Waals surface area contributed by atoms with E-state index in [1.54, 1.807) is 36.4 Å². The highest BCUT2D eigenvalue weighted by molar-refractivity contribution is 5.82. The van der Waals surface area contributed by atoms with Gasteiger partial charge in [-0.3, -0.25) is 14.2 Å². The fourth-order valence-corrected chi connectivity index (χ4v) is 3.18. The largest absolute Gasteiger partial charge is 0.495 e. The zero-order chi connectivity index (χ0) is 20.4. The van der Waals surface area contributed by atoms with Crippen LogP contribution in [-0.2, 0) is 11.3 Å². The van der Waals surface area contributed by atoms with Crippen molar-refractivity contribution in [2.24, 2.45) is 0 Å². The molecule has 0 aliphatic rings. The van der Waals surface area contributed by atoms with Crippen LogP contribution in [0.15, 0.2) is 52.1 Å². The highest BCUT2D eigenvalue weighted by atomic mass is 16.5. The van der Waals surface area contributed by atoms with Crippen LogP contribution in [0.2, 0.25) is 0 Å². The molecule has 0 fully saturated rings. The first-order valence-electron chi connectivity index (χ1n) is 9.02. The Kier molecular flexibility index (Phi) is 5.35.